The molecular formula is C19H19Cl2N5O3. The average molecular weight is 436 g/mol. The quantitative estimate of drug-likeness (QED) is 0.426. The number of nitrogens with two attached hydrogens (primary N) is 1. The summed E-state index contributed by atoms with van der Waals surface area (Å²) in [6, 6.07) is 12.1. The number of benzene rings is 2. The fourth-order valence-electron chi connectivity index (χ4n) is 3.12. The van der Waals surface area contributed by atoms with E-state index in [0.717, 1.165) is 24.8 Å². The standard InChI is InChI=1S/C19H18ClN5O3.ClH/c20-14-5-2-1-4-13(14)11-22-15-7-6-12(10-16(15)25(26)27)17-23-18(24-28-17)19(21)8-3-9-19;/h1-2,4-7,10,22H,3,8-9,11,21H2;1H. The number of nitro benzene ring substituents is 1. The van der Waals surface area contributed by atoms with Crippen LogP contribution in [0, 0.1) is 10.1 Å². The Labute approximate surface area is 178 Å². The third-order valence-electron chi connectivity index (χ3n) is 4.99. The highest BCUT2D eigenvalue weighted by Crippen LogP contribution is 2.38. The first kappa shape index (κ1) is 21.0. The van der Waals surface area contributed by atoms with Gasteiger partial charge in [0, 0.05) is 23.2 Å². The maximum atomic E-state index is 11.6. The fraction of sp³-hybridized carbons (Fsp3) is 0.263. The number of nitro groups is 1. The van der Waals surface area contributed by atoms with Crippen LogP contribution in [-0.2, 0) is 12.1 Å². The van der Waals surface area contributed by atoms with Crippen molar-refractivity contribution >= 4 is 35.4 Å². The summed E-state index contributed by atoms with van der Waals surface area (Å²) in [5.41, 5.74) is 7.26. The molecule has 0 saturated heterocycles. The lowest BCUT2D eigenvalue weighted by Gasteiger charge is -2.34. The van der Waals surface area contributed by atoms with Gasteiger partial charge >= 0.3 is 0 Å². The third-order valence-corrected chi connectivity index (χ3v) is 5.35. The zero-order valence-electron chi connectivity index (χ0n) is 15.3. The summed E-state index contributed by atoms with van der Waals surface area (Å²) in [6.45, 7) is 0.361. The van der Waals surface area contributed by atoms with Crippen molar-refractivity contribution in [1.29, 1.82) is 0 Å². The summed E-state index contributed by atoms with van der Waals surface area (Å²) in [5, 5.41) is 19.2. The van der Waals surface area contributed by atoms with Crippen molar-refractivity contribution in [2.24, 2.45) is 5.73 Å². The zero-order valence-corrected chi connectivity index (χ0v) is 16.9. The van der Waals surface area contributed by atoms with Gasteiger partial charge in [-0.25, -0.2) is 0 Å². The molecule has 8 nitrogen and oxygen atoms in total. The maximum Gasteiger partial charge on any atom is 0.293 e. The minimum atomic E-state index is -0.551. The highest BCUT2D eigenvalue weighted by molar-refractivity contribution is 6.31. The van der Waals surface area contributed by atoms with Crippen LogP contribution in [0.25, 0.3) is 11.5 Å². The summed E-state index contributed by atoms with van der Waals surface area (Å²) in [7, 11) is 0. The van der Waals surface area contributed by atoms with Crippen LogP contribution in [0.4, 0.5) is 11.4 Å². The van der Waals surface area contributed by atoms with Crippen molar-refractivity contribution in [3.8, 4) is 11.5 Å². The van der Waals surface area contributed by atoms with Crippen LogP contribution in [0.1, 0.15) is 30.7 Å². The van der Waals surface area contributed by atoms with Gasteiger partial charge in [0.05, 0.1) is 10.5 Å². The summed E-state index contributed by atoms with van der Waals surface area (Å²) in [4.78, 5) is 15.5. The Hall–Kier alpha value is -2.68. The average Bonchev–Trinajstić information content (AvgIpc) is 3.16. The number of anilines is 1. The number of hydrogen-bond donors (Lipinski definition) is 2. The molecule has 0 bridgehead atoms. The highest BCUT2D eigenvalue weighted by Gasteiger charge is 2.39. The van der Waals surface area contributed by atoms with E-state index < -0.39 is 10.5 Å². The molecule has 4 rings (SSSR count). The van der Waals surface area contributed by atoms with Gasteiger partial charge in [0.15, 0.2) is 5.82 Å². The predicted molar refractivity (Wildman–Crippen MR) is 112 cm³/mol. The third kappa shape index (κ3) is 4.19. The van der Waals surface area contributed by atoms with Crippen molar-refractivity contribution in [3.63, 3.8) is 0 Å². The van der Waals surface area contributed by atoms with Crippen LogP contribution in [0.2, 0.25) is 5.02 Å². The molecule has 1 aliphatic carbocycles. The van der Waals surface area contributed by atoms with E-state index in [0.29, 0.717) is 28.6 Å². The van der Waals surface area contributed by atoms with Gasteiger partial charge in [0.25, 0.3) is 11.6 Å². The van der Waals surface area contributed by atoms with Gasteiger partial charge in [-0.15, -0.1) is 12.4 Å². The van der Waals surface area contributed by atoms with Crippen LogP contribution in [0.3, 0.4) is 0 Å². The molecule has 1 aliphatic rings. The number of rotatable bonds is 6. The van der Waals surface area contributed by atoms with Crippen molar-refractivity contribution in [3.05, 3.63) is 69.0 Å². The Balaban J connectivity index is 0.00000240. The monoisotopic (exact) mass is 435 g/mol. The molecule has 0 unspecified atom stereocenters. The van der Waals surface area contributed by atoms with Crippen LogP contribution < -0.4 is 11.1 Å². The van der Waals surface area contributed by atoms with Gasteiger partial charge < -0.3 is 15.6 Å². The van der Waals surface area contributed by atoms with E-state index >= 15 is 0 Å². The van der Waals surface area contributed by atoms with Crippen LogP contribution in [0.15, 0.2) is 47.0 Å². The van der Waals surface area contributed by atoms with Crippen molar-refractivity contribution in [2.45, 2.75) is 31.3 Å². The van der Waals surface area contributed by atoms with Crippen LogP contribution in [0.5, 0.6) is 0 Å². The molecule has 0 radical (unpaired) electrons. The molecule has 3 N–H and O–H groups in total. The number of nitrogens with zero attached hydrogens (tertiary/aromatic N) is 3. The van der Waals surface area contributed by atoms with Gasteiger partial charge in [-0.1, -0.05) is 35.0 Å². The first-order chi connectivity index (χ1) is 13.5. The van der Waals surface area contributed by atoms with Crippen molar-refractivity contribution in [2.75, 3.05) is 5.32 Å². The highest BCUT2D eigenvalue weighted by atomic mass is 35.5. The summed E-state index contributed by atoms with van der Waals surface area (Å²) in [6.07, 6.45) is 2.63. The Morgan fingerprint density at radius 2 is 2.03 bits per heavy atom. The molecule has 3 aromatic rings. The van der Waals surface area contributed by atoms with Gasteiger partial charge in [0.1, 0.15) is 5.69 Å². The second-order valence-corrected chi connectivity index (χ2v) is 7.27. The number of halogens is 2. The minimum absolute atomic E-state index is 0. The van der Waals surface area contributed by atoms with E-state index in [4.69, 9.17) is 21.9 Å². The molecule has 0 aliphatic heterocycles. The van der Waals surface area contributed by atoms with Gasteiger partial charge in [-0.05, 0) is 43.0 Å². The van der Waals surface area contributed by atoms with Gasteiger partial charge in [0.2, 0.25) is 0 Å². The molecule has 1 saturated carbocycles. The summed E-state index contributed by atoms with van der Waals surface area (Å²) < 4.78 is 5.29. The Morgan fingerprint density at radius 3 is 2.69 bits per heavy atom. The van der Waals surface area contributed by atoms with E-state index in [9.17, 15) is 10.1 Å². The fourth-order valence-corrected chi connectivity index (χ4v) is 3.32. The molecule has 1 aromatic heterocycles. The molecule has 2 aromatic carbocycles. The molecule has 1 fully saturated rings. The topological polar surface area (TPSA) is 120 Å². The van der Waals surface area contributed by atoms with Crippen LogP contribution >= 0.6 is 24.0 Å². The Morgan fingerprint density at radius 1 is 1.28 bits per heavy atom. The molecule has 152 valence electrons. The summed E-state index contributed by atoms with van der Waals surface area (Å²) in [5.74, 6) is 0.657. The smallest absolute Gasteiger partial charge is 0.293 e. The predicted octanol–water partition coefficient (Wildman–Crippen LogP) is 4.67. The second kappa shape index (κ2) is 8.36. The molecule has 0 amide bonds. The lowest BCUT2D eigenvalue weighted by Crippen LogP contribution is -2.44. The minimum Gasteiger partial charge on any atom is -0.375 e. The van der Waals surface area contributed by atoms with Crippen LogP contribution in [-0.4, -0.2) is 15.1 Å². The second-order valence-electron chi connectivity index (χ2n) is 6.87. The molecular weight excluding hydrogens is 417 g/mol. The molecule has 10 heteroatoms. The van der Waals surface area contributed by atoms with E-state index in [1.54, 1.807) is 18.2 Å². The maximum absolute atomic E-state index is 11.6. The van der Waals surface area contributed by atoms with E-state index in [1.165, 1.54) is 6.07 Å². The first-order valence-electron chi connectivity index (χ1n) is 8.85. The van der Waals surface area contributed by atoms with Crippen molar-refractivity contribution < 1.29 is 9.45 Å². The van der Waals surface area contributed by atoms with E-state index in [1.807, 2.05) is 18.2 Å². The Kier molecular flexibility index (Phi) is 6.07. The first-order valence-corrected chi connectivity index (χ1v) is 9.23. The van der Waals surface area contributed by atoms with E-state index in [-0.39, 0.29) is 24.0 Å². The van der Waals surface area contributed by atoms with Gasteiger partial charge in [-0.3, -0.25) is 10.1 Å². The zero-order chi connectivity index (χ0) is 19.7. The molecule has 0 spiro atoms. The Bertz CT molecular complexity index is 1040. The van der Waals surface area contributed by atoms with Crippen molar-refractivity contribution in [1.82, 2.24) is 10.1 Å². The number of aromatic nitrogens is 2. The SMILES string of the molecule is Cl.NC1(c2noc(-c3ccc(NCc4ccccc4Cl)c([N+](=O)[O-])c3)n2)CCC1. The molecule has 0 atom stereocenters. The molecule has 29 heavy (non-hydrogen) atoms. The largest absolute Gasteiger partial charge is 0.375 e. The summed E-state index contributed by atoms with van der Waals surface area (Å²) >= 11 is 6.14. The number of hydrogen-bond acceptors (Lipinski definition) is 7. The van der Waals surface area contributed by atoms with E-state index in [2.05, 4.69) is 15.5 Å². The normalized spacial score (nSPS) is 14.6. The van der Waals surface area contributed by atoms with Gasteiger partial charge in [-0.2, -0.15) is 4.98 Å². The lowest BCUT2D eigenvalue weighted by atomic mass is 9.77. The lowest BCUT2D eigenvalue weighted by molar-refractivity contribution is -0.383. The number of nitrogens with one attached hydrogen (secondary N) is 1. The molecule has 1 heterocycles.